The van der Waals surface area contributed by atoms with E-state index in [1.807, 2.05) is 0 Å². The lowest BCUT2D eigenvalue weighted by Gasteiger charge is -2.01. The Morgan fingerprint density at radius 2 is 2.19 bits per heavy atom. The fourth-order valence-corrected chi connectivity index (χ4v) is 1.51. The van der Waals surface area contributed by atoms with Gasteiger partial charge in [-0.1, -0.05) is 23.7 Å². The SMILES string of the molecule is O=[N+]([O-])c1cccc(-c2ncncc2Cl)c1. The minimum absolute atomic E-state index is 0.00665. The average Bonchev–Trinajstić information content (AvgIpc) is 2.30. The standard InChI is InChI=1S/C10H6ClN3O2/c11-9-5-12-6-13-10(9)7-2-1-3-8(4-7)14(15)16/h1-6H. The Kier molecular flexibility index (Phi) is 2.78. The van der Waals surface area contributed by atoms with E-state index in [4.69, 9.17) is 11.6 Å². The van der Waals surface area contributed by atoms with Crippen molar-refractivity contribution in [3.63, 3.8) is 0 Å². The van der Waals surface area contributed by atoms with Crippen LogP contribution in [0, 0.1) is 10.1 Å². The molecule has 0 aliphatic rings. The van der Waals surface area contributed by atoms with Crippen molar-refractivity contribution in [3.8, 4) is 11.3 Å². The van der Waals surface area contributed by atoms with Crippen LogP contribution in [0.5, 0.6) is 0 Å². The molecule has 5 nitrogen and oxygen atoms in total. The van der Waals surface area contributed by atoms with Crippen LogP contribution in [0.2, 0.25) is 5.02 Å². The average molecular weight is 236 g/mol. The maximum absolute atomic E-state index is 10.6. The molecule has 0 aliphatic carbocycles. The first-order chi connectivity index (χ1) is 7.68. The first-order valence-electron chi connectivity index (χ1n) is 4.39. The van der Waals surface area contributed by atoms with Crippen molar-refractivity contribution in [1.82, 2.24) is 9.97 Å². The number of halogens is 1. The summed E-state index contributed by atoms with van der Waals surface area (Å²) < 4.78 is 0. The number of nitro benzene ring substituents is 1. The van der Waals surface area contributed by atoms with E-state index in [1.54, 1.807) is 12.1 Å². The van der Waals surface area contributed by atoms with Gasteiger partial charge in [0.05, 0.1) is 15.6 Å². The summed E-state index contributed by atoms with van der Waals surface area (Å²) in [6.45, 7) is 0. The molecule has 0 aliphatic heterocycles. The van der Waals surface area contributed by atoms with Crippen molar-refractivity contribution in [1.29, 1.82) is 0 Å². The third-order valence-electron chi connectivity index (χ3n) is 2.00. The molecule has 6 heteroatoms. The third-order valence-corrected chi connectivity index (χ3v) is 2.27. The summed E-state index contributed by atoms with van der Waals surface area (Å²) in [5.41, 5.74) is 1.09. The maximum atomic E-state index is 10.6. The molecule has 16 heavy (non-hydrogen) atoms. The van der Waals surface area contributed by atoms with Gasteiger partial charge in [0, 0.05) is 23.9 Å². The van der Waals surface area contributed by atoms with Gasteiger partial charge in [0.25, 0.3) is 5.69 Å². The molecule has 0 atom stereocenters. The Hall–Kier alpha value is -2.01. The van der Waals surface area contributed by atoms with Crippen LogP contribution in [0.25, 0.3) is 11.3 Å². The molecule has 80 valence electrons. The highest BCUT2D eigenvalue weighted by atomic mass is 35.5. The Labute approximate surface area is 95.9 Å². The van der Waals surface area contributed by atoms with Crippen LogP contribution in [0.4, 0.5) is 5.69 Å². The van der Waals surface area contributed by atoms with Crippen molar-refractivity contribution < 1.29 is 4.92 Å². The van der Waals surface area contributed by atoms with Gasteiger partial charge in [0.1, 0.15) is 6.33 Å². The predicted molar refractivity (Wildman–Crippen MR) is 59.1 cm³/mol. The number of hydrogen-bond acceptors (Lipinski definition) is 4. The first kappa shape index (κ1) is 10.5. The topological polar surface area (TPSA) is 68.9 Å². The van der Waals surface area contributed by atoms with Crippen LogP contribution in [-0.2, 0) is 0 Å². The lowest BCUT2D eigenvalue weighted by Crippen LogP contribution is -1.90. The van der Waals surface area contributed by atoms with E-state index in [2.05, 4.69) is 9.97 Å². The zero-order valence-electron chi connectivity index (χ0n) is 8.00. The fraction of sp³-hybridized carbons (Fsp3) is 0. The summed E-state index contributed by atoms with van der Waals surface area (Å²) >= 11 is 5.90. The Balaban J connectivity index is 2.53. The summed E-state index contributed by atoms with van der Waals surface area (Å²) in [5.74, 6) is 0. The van der Waals surface area contributed by atoms with Crippen LogP contribution in [-0.4, -0.2) is 14.9 Å². The number of hydrogen-bond donors (Lipinski definition) is 0. The normalized spacial score (nSPS) is 10.1. The van der Waals surface area contributed by atoms with E-state index >= 15 is 0 Å². The molecule has 0 unspecified atom stereocenters. The van der Waals surface area contributed by atoms with Gasteiger partial charge < -0.3 is 0 Å². The second kappa shape index (κ2) is 4.24. The van der Waals surface area contributed by atoms with Crippen molar-refractivity contribution in [2.24, 2.45) is 0 Å². The maximum Gasteiger partial charge on any atom is 0.270 e. The second-order valence-corrected chi connectivity index (χ2v) is 3.43. The lowest BCUT2D eigenvalue weighted by molar-refractivity contribution is -0.384. The molecule has 0 radical (unpaired) electrons. The molecule has 1 heterocycles. The fourth-order valence-electron chi connectivity index (χ4n) is 1.29. The van der Waals surface area contributed by atoms with Crippen molar-refractivity contribution in [2.45, 2.75) is 0 Å². The van der Waals surface area contributed by atoms with Crippen LogP contribution in [0.15, 0.2) is 36.8 Å². The van der Waals surface area contributed by atoms with Gasteiger partial charge in [-0.2, -0.15) is 0 Å². The highest BCUT2D eigenvalue weighted by molar-refractivity contribution is 6.32. The zero-order chi connectivity index (χ0) is 11.5. The highest BCUT2D eigenvalue weighted by Gasteiger charge is 2.10. The van der Waals surface area contributed by atoms with Gasteiger partial charge in [0.15, 0.2) is 0 Å². The predicted octanol–water partition coefficient (Wildman–Crippen LogP) is 2.71. The monoisotopic (exact) mass is 235 g/mol. The Bertz CT molecular complexity index is 545. The molecule has 0 saturated carbocycles. The number of non-ortho nitro benzene ring substituents is 1. The molecule has 0 bridgehead atoms. The van der Waals surface area contributed by atoms with E-state index in [9.17, 15) is 10.1 Å². The molecule has 0 fully saturated rings. The van der Waals surface area contributed by atoms with Gasteiger partial charge in [-0.15, -0.1) is 0 Å². The molecule has 1 aromatic heterocycles. The van der Waals surface area contributed by atoms with E-state index in [-0.39, 0.29) is 5.69 Å². The van der Waals surface area contributed by atoms with Crippen LogP contribution >= 0.6 is 11.6 Å². The van der Waals surface area contributed by atoms with E-state index in [0.717, 1.165) is 0 Å². The zero-order valence-corrected chi connectivity index (χ0v) is 8.76. The Morgan fingerprint density at radius 3 is 2.88 bits per heavy atom. The summed E-state index contributed by atoms with van der Waals surface area (Å²) in [4.78, 5) is 17.9. The van der Waals surface area contributed by atoms with Gasteiger partial charge >= 0.3 is 0 Å². The number of nitro groups is 1. The first-order valence-corrected chi connectivity index (χ1v) is 4.76. The van der Waals surface area contributed by atoms with Gasteiger partial charge in [-0.05, 0) is 0 Å². The van der Waals surface area contributed by atoms with Crippen molar-refractivity contribution in [3.05, 3.63) is 51.9 Å². The largest absolute Gasteiger partial charge is 0.270 e. The summed E-state index contributed by atoms with van der Waals surface area (Å²) in [6.07, 6.45) is 2.79. The summed E-state index contributed by atoms with van der Waals surface area (Å²) in [6, 6.07) is 6.14. The van der Waals surface area contributed by atoms with E-state index < -0.39 is 4.92 Å². The van der Waals surface area contributed by atoms with Gasteiger partial charge in [-0.25, -0.2) is 9.97 Å². The summed E-state index contributed by atoms with van der Waals surface area (Å²) in [7, 11) is 0. The van der Waals surface area contributed by atoms with Crippen molar-refractivity contribution >= 4 is 17.3 Å². The Morgan fingerprint density at radius 1 is 1.38 bits per heavy atom. The number of rotatable bonds is 2. The highest BCUT2D eigenvalue weighted by Crippen LogP contribution is 2.26. The molecule has 1 aromatic carbocycles. The van der Waals surface area contributed by atoms with E-state index in [1.165, 1.54) is 24.7 Å². The minimum atomic E-state index is -0.460. The smallest absolute Gasteiger partial charge is 0.258 e. The lowest BCUT2D eigenvalue weighted by atomic mass is 10.1. The second-order valence-electron chi connectivity index (χ2n) is 3.03. The molecule has 0 amide bonds. The quantitative estimate of drug-likeness (QED) is 0.593. The third kappa shape index (κ3) is 1.99. The molecule has 0 saturated heterocycles. The molecule has 2 aromatic rings. The minimum Gasteiger partial charge on any atom is -0.258 e. The van der Waals surface area contributed by atoms with Crippen LogP contribution in [0.1, 0.15) is 0 Å². The van der Waals surface area contributed by atoms with Crippen LogP contribution in [0.3, 0.4) is 0 Å². The molecule has 0 spiro atoms. The van der Waals surface area contributed by atoms with Crippen molar-refractivity contribution in [2.75, 3.05) is 0 Å². The van der Waals surface area contributed by atoms with E-state index in [0.29, 0.717) is 16.3 Å². The molecule has 2 rings (SSSR count). The molecule has 0 N–H and O–H groups in total. The van der Waals surface area contributed by atoms with Crippen LogP contribution < -0.4 is 0 Å². The summed E-state index contributed by atoms with van der Waals surface area (Å²) in [5, 5.41) is 11.0. The number of nitrogens with zero attached hydrogens (tertiary/aromatic N) is 3. The molecular weight excluding hydrogens is 230 g/mol. The number of aromatic nitrogens is 2. The number of benzene rings is 1. The molecular formula is C10H6ClN3O2. The van der Waals surface area contributed by atoms with Gasteiger partial charge in [-0.3, -0.25) is 10.1 Å². The van der Waals surface area contributed by atoms with Gasteiger partial charge in [0.2, 0.25) is 0 Å².